The fraction of sp³-hybridized carbons (Fsp3) is 0.360. The van der Waals surface area contributed by atoms with Crippen LogP contribution in [-0.4, -0.2) is 30.2 Å². The van der Waals surface area contributed by atoms with Gasteiger partial charge in [-0.2, -0.15) is 0 Å². The number of fused-ring (bicyclic) bond motifs is 1. The standard InChI is InChI=1S/C25H30N2O2/c1-4-19-8-10-20(11-9-19)25-23-7-5-14-26(23)15-6-16-27(25)18-21-12-13-22(28-2)17-24(21)29-3/h5,7-14,17,25H,4,6,15-16,18H2,1-3H3. The van der Waals surface area contributed by atoms with Crippen LogP contribution in [0.15, 0.2) is 60.8 Å². The predicted molar refractivity (Wildman–Crippen MR) is 117 cm³/mol. The van der Waals surface area contributed by atoms with Gasteiger partial charge in [0.05, 0.1) is 20.3 Å². The molecule has 0 N–H and O–H groups in total. The summed E-state index contributed by atoms with van der Waals surface area (Å²) in [7, 11) is 3.42. The largest absolute Gasteiger partial charge is 0.497 e. The van der Waals surface area contributed by atoms with Gasteiger partial charge in [-0.15, -0.1) is 0 Å². The summed E-state index contributed by atoms with van der Waals surface area (Å²) in [5.74, 6) is 1.70. The first-order valence-corrected chi connectivity index (χ1v) is 10.4. The molecule has 2 heterocycles. The summed E-state index contributed by atoms with van der Waals surface area (Å²) in [4.78, 5) is 2.57. The molecule has 3 aromatic rings. The maximum Gasteiger partial charge on any atom is 0.127 e. The lowest BCUT2D eigenvalue weighted by Crippen LogP contribution is -2.29. The van der Waals surface area contributed by atoms with Gasteiger partial charge in [0.1, 0.15) is 11.5 Å². The molecule has 0 saturated carbocycles. The molecule has 4 nitrogen and oxygen atoms in total. The summed E-state index contributed by atoms with van der Waals surface area (Å²) < 4.78 is 13.5. The Balaban J connectivity index is 1.72. The van der Waals surface area contributed by atoms with Gasteiger partial charge in [-0.1, -0.05) is 37.3 Å². The Hall–Kier alpha value is -2.72. The minimum Gasteiger partial charge on any atom is -0.497 e. The Morgan fingerprint density at radius 1 is 0.966 bits per heavy atom. The number of aryl methyl sites for hydroxylation is 2. The zero-order valence-electron chi connectivity index (χ0n) is 17.6. The van der Waals surface area contributed by atoms with Gasteiger partial charge in [0.2, 0.25) is 0 Å². The highest BCUT2D eigenvalue weighted by Crippen LogP contribution is 2.35. The molecule has 4 heteroatoms. The average molecular weight is 391 g/mol. The number of nitrogens with zero attached hydrogens (tertiary/aromatic N) is 2. The number of rotatable bonds is 6. The zero-order chi connectivity index (χ0) is 20.2. The van der Waals surface area contributed by atoms with Gasteiger partial charge < -0.3 is 14.0 Å². The second-order valence-electron chi connectivity index (χ2n) is 7.63. The van der Waals surface area contributed by atoms with Crippen molar-refractivity contribution in [2.75, 3.05) is 20.8 Å². The van der Waals surface area contributed by atoms with Gasteiger partial charge in [-0.25, -0.2) is 0 Å². The van der Waals surface area contributed by atoms with Crippen molar-refractivity contribution in [3.05, 3.63) is 83.2 Å². The Kier molecular flexibility index (Phi) is 5.91. The molecule has 0 fully saturated rings. The summed E-state index contributed by atoms with van der Waals surface area (Å²) in [5.41, 5.74) is 5.26. The van der Waals surface area contributed by atoms with Crippen LogP contribution in [0.5, 0.6) is 11.5 Å². The van der Waals surface area contributed by atoms with Crippen LogP contribution in [0.1, 0.15) is 41.8 Å². The first kappa shape index (κ1) is 19.6. The van der Waals surface area contributed by atoms with Crippen molar-refractivity contribution in [1.82, 2.24) is 9.47 Å². The molecule has 1 atom stereocenters. The Morgan fingerprint density at radius 2 is 1.79 bits per heavy atom. The van der Waals surface area contributed by atoms with Crippen molar-refractivity contribution in [3.8, 4) is 11.5 Å². The molecular weight excluding hydrogens is 360 g/mol. The van der Waals surface area contributed by atoms with Crippen molar-refractivity contribution >= 4 is 0 Å². The van der Waals surface area contributed by atoms with Crippen LogP contribution >= 0.6 is 0 Å². The highest BCUT2D eigenvalue weighted by atomic mass is 16.5. The normalized spacial score (nSPS) is 16.9. The minimum absolute atomic E-state index is 0.227. The molecule has 0 saturated heterocycles. The van der Waals surface area contributed by atoms with Crippen LogP contribution in [0.25, 0.3) is 0 Å². The molecule has 0 spiro atoms. The Bertz CT molecular complexity index is 946. The highest BCUT2D eigenvalue weighted by Gasteiger charge is 2.28. The van der Waals surface area contributed by atoms with E-state index in [0.717, 1.165) is 44.0 Å². The van der Waals surface area contributed by atoms with Crippen molar-refractivity contribution in [2.45, 2.75) is 38.9 Å². The molecule has 0 radical (unpaired) electrons. The zero-order valence-corrected chi connectivity index (χ0v) is 17.6. The predicted octanol–water partition coefficient (Wildman–Crippen LogP) is 5.06. The van der Waals surface area contributed by atoms with Crippen LogP contribution in [0.2, 0.25) is 0 Å². The van der Waals surface area contributed by atoms with E-state index < -0.39 is 0 Å². The fourth-order valence-corrected chi connectivity index (χ4v) is 4.33. The molecule has 4 rings (SSSR count). The lowest BCUT2D eigenvalue weighted by Gasteiger charge is -2.31. The van der Waals surface area contributed by atoms with Crippen molar-refractivity contribution in [2.24, 2.45) is 0 Å². The van der Waals surface area contributed by atoms with E-state index in [1.165, 1.54) is 22.4 Å². The molecule has 1 aliphatic rings. The summed E-state index contributed by atoms with van der Waals surface area (Å²) >= 11 is 0. The summed E-state index contributed by atoms with van der Waals surface area (Å²) in [6.45, 7) is 5.13. The van der Waals surface area contributed by atoms with Crippen LogP contribution in [-0.2, 0) is 19.5 Å². The summed E-state index contributed by atoms with van der Waals surface area (Å²) in [6, 6.07) is 19.9. The van der Waals surface area contributed by atoms with Crippen molar-refractivity contribution in [1.29, 1.82) is 0 Å². The molecule has 1 aromatic heterocycles. The van der Waals surface area contributed by atoms with Gasteiger partial charge in [-0.05, 0) is 42.2 Å². The molecular formula is C25H30N2O2. The van der Waals surface area contributed by atoms with Gasteiger partial charge >= 0.3 is 0 Å². The van der Waals surface area contributed by atoms with Crippen LogP contribution in [0.4, 0.5) is 0 Å². The number of benzene rings is 2. The maximum absolute atomic E-state index is 5.67. The van der Waals surface area contributed by atoms with E-state index in [-0.39, 0.29) is 6.04 Å². The van der Waals surface area contributed by atoms with Crippen LogP contribution in [0, 0.1) is 0 Å². The average Bonchev–Trinajstić information content (AvgIpc) is 3.15. The number of ether oxygens (including phenoxy) is 2. The quantitative estimate of drug-likeness (QED) is 0.588. The maximum atomic E-state index is 5.67. The van der Waals surface area contributed by atoms with E-state index in [2.05, 4.69) is 65.1 Å². The van der Waals surface area contributed by atoms with Crippen LogP contribution in [0.3, 0.4) is 0 Å². The third kappa shape index (κ3) is 4.03. The van der Waals surface area contributed by atoms with E-state index in [0.29, 0.717) is 0 Å². The smallest absolute Gasteiger partial charge is 0.127 e. The van der Waals surface area contributed by atoms with E-state index in [1.54, 1.807) is 14.2 Å². The van der Waals surface area contributed by atoms with E-state index >= 15 is 0 Å². The second kappa shape index (κ2) is 8.75. The van der Waals surface area contributed by atoms with Gasteiger partial charge in [0.15, 0.2) is 0 Å². The molecule has 29 heavy (non-hydrogen) atoms. The lowest BCUT2D eigenvalue weighted by molar-refractivity contribution is 0.217. The summed E-state index contributed by atoms with van der Waals surface area (Å²) in [6.07, 6.45) is 4.40. The molecule has 1 aliphatic heterocycles. The van der Waals surface area contributed by atoms with Gasteiger partial charge in [0.25, 0.3) is 0 Å². The third-order valence-corrected chi connectivity index (χ3v) is 5.93. The Morgan fingerprint density at radius 3 is 2.52 bits per heavy atom. The van der Waals surface area contributed by atoms with Gasteiger partial charge in [-0.3, -0.25) is 4.90 Å². The van der Waals surface area contributed by atoms with Crippen LogP contribution < -0.4 is 9.47 Å². The van der Waals surface area contributed by atoms with Crippen molar-refractivity contribution in [3.63, 3.8) is 0 Å². The van der Waals surface area contributed by atoms with Gasteiger partial charge in [0, 0.05) is 43.2 Å². The monoisotopic (exact) mass is 390 g/mol. The SMILES string of the molecule is CCc1ccc(C2c3cccn3CCCN2Cc2ccc(OC)cc2OC)cc1. The first-order valence-electron chi connectivity index (χ1n) is 10.4. The topological polar surface area (TPSA) is 26.6 Å². The number of aromatic nitrogens is 1. The van der Waals surface area contributed by atoms with E-state index in [4.69, 9.17) is 9.47 Å². The van der Waals surface area contributed by atoms with Crippen molar-refractivity contribution < 1.29 is 9.47 Å². The number of hydrogen-bond acceptors (Lipinski definition) is 3. The molecule has 2 aromatic carbocycles. The first-order chi connectivity index (χ1) is 14.2. The number of methoxy groups -OCH3 is 2. The lowest BCUT2D eigenvalue weighted by atomic mass is 9.99. The molecule has 0 aliphatic carbocycles. The number of hydrogen-bond donors (Lipinski definition) is 0. The third-order valence-electron chi connectivity index (χ3n) is 5.93. The second-order valence-corrected chi connectivity index (χ2v) is 7.63. The molecule has 152 valence electrons. The van der Waals surface area contributed by atoms with E-state index in [1.807, 2.05) is 12.1 Å². The minimum atomic E-state index is 0.227. The molecule has 0 amide bonds. The summed E-state index contributed by atoms with van der Waals surface area (Å²) in [5, 5.41) is 0. The van der Waals surface area contributed by atoms with E-state index in [9.17, 15) is 0 Å². The molecule has 0 bridgehead atoms. The Labute approximate surface area is 173 Å². The highest BCUT2D eigenvalue weighted by molar-refractivity contribution is 5.41. The molecule has 1 unspecified atom stereocenters. The fourth-order valence-electron chi connectivity index (χ4n) is 4.33.